The molecule has 0 radical (unpaired) electrons. The van der Waals surface area contributed by atoms with Gasteiger partial charge in [0.1, 0.15) is 16.1 Å². The molecule has 5 nitrogen and oxygen atoms in total. The Kier molecular flexibility index (Phi) is 3.45. The molecule has 2 rings (SSSR count). The number of hydrogen-bond donors (Lipinski definition) is 0. The molecule has 0 saturated heterocycles. The fourth-order valence-electron chi connectivity index (χ4n) is 1.79. The molecule has 96 valence electrons. The molecule has 0 aliphatic rings. The lowest BCUT2D eigenvalue weighted by molar-refractivity contribution is 0.697. The molecule has 0 spiro atoms. The summed E-state index contributed by atoms with van der Waals surface area (Å²) in [6.45, 7) is 3.92. The number of aromatic nitrogens is 4. The largest absolute Gasteiger partial charge is 0.292 e. The van der Waals surface area contributed by atoms with E-state index in [2.05, 4.69) is 10.1 Å². The summed E-state index contributed by atoms with van der Waals surface area (Å²) in [7, 11) is 1.76. The quantitative estimate of drug-likeness (QED) is 0.793. The van der Waals surface area contributed by atoms with E-state index < -0.39 is 0 Å². The highest BCUT2D eigenvalue weighted by Crippen LogP contribution is 2.19. The fraction of sp³-hybridized carbons (Fsp3) is 0.364. The Morgan fingerprint density at radius 2 is 2.00 bits per heavy atom. The monoisotopic (exact) mass is 286 g/mol. The molecule has 7 heteroatoms. The number of hydrogen-bond acceptors (Lipinski definition) is 3. The van der Waals surface area contributed by atoms with Crippen LogP contribution in [0.2, 0.25) is 10.3 Å². The third-order valence-electron chi connectivity index (χ3n) is 2.75. The van der Waals surface area contributed by atoms with Gasteiger partial charge in [0, 0.05) is 18.7 Å². The Balaban J connectivity index is 2.50. The highest BCUT2D eigenvalue weighted by atomic mass is 35.5. The van der Waals surface area contributed by atoms with Crippen molar-refractivity contribution in [2.45, 2.75) is 20.4 Å². The van der Waals surface area contributed by atoms with Crippen LogP contribution in [0.15, 0.2) is 10.9 Å². The maximum Gasteiger partial charge on any atom is 0.255 e. The van der Waals surface area contributed by atoms with E-state index in [4.69, 9.17) is 23.2 Å². The van der Waals surface area contributed by atoms with Crippen molar-refractivity contribution in [2.24, 2.45) is 7.05 Å². The Morgan fingerprint density at radius 1 is 1.33 bits per heavy atom. The van der Waals surface area contributed by atoms with E-state index in [0.29, 0.717) is 17.5 Å². The average Bonchev–Trinajstić information content (AvgIpc) is 2.48. The van der Waals surface area contributed by atoms with Crippen molar-refractivity contribution in [2.75, 3.05) is 0 Å². The van der Waals surface area contributed by atoms with E-state index in [0.717, 1.165) is 11.3 Å². The van der Waals surface area contributed by atoms with Crippen LogP contribution in [0.4, 0.5) is 0 Å². The first-order chi connectivity index (χ1) is 8.40. The van der Waals surface area contributed by atoms with Gasteiger partial charge >= 0.3 is 0 Å². The second-order valence-corrected chi connectivity index (χ2v) is 4.77. The van der Waals surface area contributed by atoms with Crippen LogP contribution in [0.25, 0.3) is 0 Å². The van der Waals surface area contributed by atoms with Crippen LogP contribution >= 0.6 is 23.2 Å². The van der Waals surface area contributed by atoms with Crippen molar-refractivity contribution >= 4 is 23.2 Å². The molecular weight excluding hydrogens is 275 g/mol. The number of aryl methyl sites for hydroxylation is 3. The molecule has 0 bridgehead atoms. The summed E-state index contributed by atoms with van der Waals surface area (Å²) < 4.78 is 3.09. The average molecular weight is 287 g/mol. The Morgan fingerprint density at radius 3 is 2.50 bits per heavy atom. The van der Waals surface area contributed by atoms with Crippen molar-refractivity contribution in [3.8, 4) is 0 Å². The molecule has 0 fully saturated rings. The molecule has 0 aliphatic heterocycles. The van der Waals surface area contributed by atoms with Crippen molar-refractivity contribution in [3.63, 3.8) is 0 Å². The molecule has 2 aromatic rings. The lowest BCUT2D eigenvalue weighted by atomic mass is 10.2. The highest BCUT2D eigenvalue weighted by Gasteiger charge is 2.14. The van der Waals surface area contributed by atoms with Crippen LogP contribution in [-0.4, -0.2) is 19.3 Å². The van der Waals surface area contributed by atoms with Crippen LogP contribution in [-0.2, 0) is 13.6 Å². The molecular formula is C11H12Cl2N4O. The standard InChI is InChI=1S/C11H12Cl2N4O/c1-6-8(11(13)16(3)15-6)5-17-7(2)14-9(12)4-10(17)18/h4H,5H2,1-3H3. The van der Waals surface area contributed by atoms with Gasteiger partial charge < -0.3 is 0 Å². The van der Waals surface area contributed by atoms with Gasteiger partial charge in [0.15, 0.2) is 0 Å². The molecule has 0 aromatic carbocycles. The van der Waals surface area contributed by atoms with E-state index in [1.54, 1.807) is 18.7 Å². The van der Waals surface area contributed by atoms with Crippen LogP contribution in [0.3, 0.4) is 0 Å². The second-order valence-electron chi connectivity index (χ2n) is 4.03. The Hall–Kier alpha value is -1.33. The van der Waals surface area contributed by atoms with Crippen molar-refractivity contribution in [1.29, 1.82) is 0 Å². The summed E-state index contributed by atoms with van der Waals surface area (Å²) in [6.07, 6.45) is 0. The maximum atomic E-state index is 11.9. The second kappa shape index (κ2) is 4.74. The van der Waals surface area contributed by atoms with E-state index in [1.807, 2.05) is 6.92 Å². The molecule has 0 N–H and O–H groups in total. The zero-order chi connectivity index (χ0) is 13.4. The first-order valence-corrected chi connectivity index (χ1v) is 6.07. The van der Waals surface area contributed by atoms with E-state index in [9.17, 15) is 4.79 Å². The molecule has 0 atom stereocenters. The summed E-state index contributed by atoms with van der Waals surface area (Å²) in [6, 6.07) is 1.29. The molecule has 0 aliphatic carbocycles. The molecule has 0 unspecified atom stereocenters. The van der Waals surface area contributed by atoms with Gasteiger partial charge in [-0.25, -0.2) is 4.98 Å². The molecule has 18 heavy (non-hydrogen) atoms. The van der Waals surface area contributed by atoms with E-state index in [-0.39, 0.29) is 10.7 Å². The molecule has 0 saturated carbocycles. The van der Waals surface area contributed by atoms with Gasteiger partial charge in [-0.3, -0.25) is 14.0 Å². The van der Waals surface area contributed by atoms with Gasteiger partial charge in [0.2, 0.25) is 0 Å². The molecule has 2 heterocycles. The third-order valence-corrected chi connectivity index (χ3v) is 3.42. The van der Waals surface area contributed by atoms with E-state index in [1.165, 1.54) is 10.6 Å². The van der Waals surface area contributed by atoms with Crippen molar-refractivity contribution in [1.82, 2.24) is 19.3 Å². The van der Waals surface area contributed by atoms with Crippen LogP contribution in [0, 0.1) is 13.8 Å². The van der Waals surface area contributed by atoms with Crippen LogP contribution in [0.1, 0.15) is 17.1 Å². The Bertz CT molecular complexity index is 660. The lowest BCUT2D eigenvalue weighted by Gasteiger charge is -2.08. The zero-order valence-electron chi connectivity index (χ0n) is 10.2. The summed E-state index contributed by atoms with van der Waals surface area (Å²) >= 11 is 11.9. The normalized spacial score (nSPS) is 10.9. The van der Waals surface area contributed by atoms with Gasteiger partial charge in [0.05, 0.1) is 12.2 Å². The minimum atomic E-state index is -0.202. The summed E-state index contributed by atoms with van der Waals surface area (Å²) in [5.74, 6) is 0.548. The third kappa shape index (κ3) is 2.28. The van der Waals surface area contributed by atoms with Crippen LogP contribution in [0.5, 0.6) is 0 Å². The van der Waals surface area contributed by atoms with Crippen molar-refractivity contribution in [3.05, 3.63) is 43.8 Å². The smallest absolute Gasteiger partial charge is 0.255 e. The first kappa shape index (κ1) is 13.1. The molecule has 2 aromatic heterocycles. The van der Waals surface area contributed by atoms with Gasteiger partial charge in [0.25, 0.3) is 5.56 Å². The minimum Gasteiger partial charge on any atom is -0.292 e. The first-order valence-electron chi connectivity index (χ1n) is 5.32. The zero-order valence-corrected chi connectivity index (χ0v) is 11.7. The van der Waals surface area contributed by atoms with E-state index >= 15 is 0 Å². The van der Waals surface area contributed by atoms with Gasteiger partial charge in [-0.1, -0.05) is 23.2 Å². The SMILES string of the molecule is Cc1nn(C)c(Cl)c1Cn1c(C)nc(Cl)cc1=O. The minimum absolute atomic E-state index is 0.197. The fourth-order valence-corrected chi connectivity index (χ4v) is 2.24. The predicted octanol–water partition coefficient (Wildman–Crippen LogP) is 1.95. The number of nitrogens with zero attached hydrogens (tertiary/aromatic N) is 4. The molecule has 0 amide bonds. The lowest BCUT2D eigenvalue weighted by Crippen LogP contribution is -2.23. The summed E-state index contributed by atoms with van der Waals surface area (Å²) in [5.41, 5.74) is 1.41. The van der Waals surface area contributed by atoms with Gasteiger partial charge in [-0.2, -0.15) is 5.10 Å². The van der Waals surface area contributed by atoms with Crippen molar-refractivity contribution < 1.29 is 0 Å². The summed E-state index contributed by atoms with van der Waals surface area (Å²) in [4.78, 5) is 15.9. The Labute approximate surface area is 114 Å². The highest BCUT2D eigenvalue weighted by molar-refractivity contribution is 6.30. The summed E-state index contributed by atoms with van der Waals surface area (Å²) in [5, 5.41) is 4.93. The van der Waals surface area contributed by atoms with Crippen LogP contribution < -0.4 is 5.56 Å². The maximum absolute atomic E-state index is 11.9. The predicted molar refractivity (Wildman–Crippen MR) is 70.3 cm³/mol. The van der Waals surface area contributed by atoms with Gasteiger partial charge in [-0.05, 0) is 13.8 Å². The number of halogens is 2. The van der Waals surface area contributed by atoms with Gasteiger partial charge in [-0.15, -0.1) is 0 Å². The number of rotatable bonds is 2. The topological polar surface area (TPSA) is 52.7 Å².